The van der Waals surface area contributed by atoms with E-state index in [-0.39, 0.29) is 12.1 Å². The van der Waals surface area contributed by atoms with Crippen LogP contribution in [0.3, 0.4) is 0 Å². The Kier molecular flexibility index (Phi) is 5.58. The topological polar surface area (TPSA) is 84.1 Å². The molecular weight excluding hydrogens is 422 g/mol. The minimum absolute atomic E-state index is 0.132. The second kappa shape index (κ2) is 7.88. The van der Waals surface area contributed by atoms with E-state index in [2.05, 4.69) is 31.2 Å². The third kappa shape index (κ3) is 4.05. The summed E-state index contributed by atoms with van der Waals surface area (Å²) in [4.78, 5) is 31.7. The molecule has 2 N–H and O–H groups in total. The highest BCUT2D eigenvalue weighted by Gasteiger charge is 2.24. The molecule has 2 heterocycles. The van der Waals surface area contributed by atoms with Gasteiger partial charge in [0, 0.05) is 39.2 Å². The molecule has 8 heteroatoms. The number of pyridine rings is 1. The number of carbonyl (C=O) groups is 2. The van der Waals surface area contributed by atoms with Crippen LogP contribution in [0.4, 0.5) is 0 Å². The number of hydrogen-bond donors (Lipinski definition) is 2. The number of fused-ring (bicyclic) bond motifs is 1. The van der Waals surface area contributed by atoms with Gasteiger partial charge in [0.2, 0.25) is 0 Å². The molecule has 0 saturated carbocycles. The van der Waals surface area contributed by atoms with Gasteiger partial charge < -0.3 is 15.0 Å². The van der Waals surface area contributed by atoms with Gasteiger partial charge in [0.15, 0.2) is 0 Å². The molecule has 0 fully saturated rings. The molecule has 26 heavy (non-hydrogen) atoms. The largest absolute Gasteiger partial charge is 0.467 e. The summed E-state index contributed by atoms with van der Waals surface area (Å²) in [6.07, 6.45) is 3.52. The van der Waals surface area contributed by atoms with Gasteiger partial charge in [-0.3, -0.25) is 9.78 Å². The van der Waals surface area contributed by atoms with Crippen LogP contribution in [0, 0.1) is 0 Å². The highest BCUT2D eigenvalue weighted by molar-refractivity contribution is 9.10. The first-order chi connectivity index (χ1) is 12.5. The Morgan fingerprint density at radius 3 is 2.88 bits per heavy atom. The minimum atomic E-state index is -0.855. The van der Waals surface area contributed by atoms with E-state index in [1.165, 1.54) is 19.4 Å². The Bertz CT molecular complexity index is 973. The summed E-state index contributed by atoms with van der Waals surface area (Å²) in [6, 6.07) is 7.97. The van der Waals surface area contributed by atoms with Gasteiger partial charge in [-0.1, -0.05) is 27.5 Å². The molecule has 1 aromatic carbocycles. The standard InChI is InChI=1S/C18H15BrClN3O3/c1-26-18(25)16(23-17(24)15-8-12(20)4-5-21-15)6-10-9-22-14-3-2-11(19)7-13(10)14/h2-5,7-9,16,22H,6H2,1H3,(H,23,24)/t16-/m1/s1. The summed E-state index contributed by atoms with van der Waals surface area (Å²) in [6.45, 7) is 0. The molecule has 0 aliphatic heterocycles. The van der Waals surface area contributed by atoms with Crippen molar-refractivity contribution in [2.24, 2.45) is 0 Å². The van der Waals surface area contributed by atoms with Gasteiger partial charge in [0.25, 0.3) is 5.91 Å². The van der Waals surface area contributed by atoms with Crippen LogP contribution in [0.1, 0.15) is 16.1 Å². The van der Waals surface area contributed by atoms with E-state index >= 15 is 0 Å². The van der Waals surface area contributed by atoms with Crippen molar-refractivity contribution in [3.63, 3.8) is 0 Å². The first-order valence-corrected chi connectivity index (χ1v) is 8.91. The van der Waals surface area contributed by atoms with Gasteiger partial charge in [-0.25, -0.2) is 4.79 Å². The lowest BCUT2D eigenvalue weighted by atomic mass is 10.0. The number of halogens is 2. The van der Waals surface area contributed by atoms with Crippen LogP contribution in [0.15, 0.2) is 47.2 Å². The van der Waals surface area contributed by atoms with Crippen molar-refractivity contribution in [1.29, 1.82) is 0 Å². The predicted octanol–water partition coefficient (Wildman–Crippen LogP) is 3.49. The van der Waals surface area contributed by atoms with Crippen molar-refractivity contribution < 1.29 is 14.3 Å². The number of benzene rings is 1. The summed E-state index contributed by atoms with van der Waals surface area (Å²) in [7, 11) is 1.28. The van der Waals surface area contributed by atoms with Gasteiger partial charge in [-0.05, 0) is 35.9 Å². The van der Waals surface area contributed by atoms with Crippen LogP contribution in [0.2, 0.25) is 5.02 Å². The lowest BCUT2D eigenvalue weighted by Crippen LogP contribution is -2.43. The summed E-state index contributed by atoms with van der Waals surface area (Å²) < 4.78 is 5.76. The molecule has 3 aromatic rings. The van der Waals surface area contributed by atoms with Crippen molar-refractivity contribution in [2.45, 2.75) is 12.5 Å². The van der Waals surface area contributed by atoms with Gasteiger partial charge >= 0.3 is 5.97 Å². The highest BCUT2D eigenvalue weighted by Crippen LogP contribution is 2.24. The third-order valence-corrected chi connectivity index (χ3v) is 4.63. The molecule has 6 nitrogen and oxygen atoms in total. The zero-order chi connectivity index (χ0) is 18.7. The number of methoxy groups -OCH3 is 1. The molecule has 0 aliphatic rings. The molecule has 0 bridgehead atoms. The van der Waals surface area contributed by atoms with Crippen molar-refractivity contribution in [3.8, 4) is 0 Å². The number of aromatic amines is 1. The van der Waals surface area contributed by atoms with E-state index in [1.54, 1.807) is 6.07 Å². The maximum Gasteiger partial charge on any atom is 0.328 e. The maximum atomic E-state index is 12.4. The first-order valence-electron chi connectivity index (χ1n) is 7.73. The van der Waals surface area contributed by atoms with Crippen LogP contribution in [-0.4, -0.2) is 35.0 Å². The van der Waals surface area contributed by atoms with E-state index in [9.17, 15) is 9.59 Å². The maximum absolute atomic E-state index is 12.4. The summed E-state index contributed by atoms with van der Waals surface area (Å²) in [5.41, 5.74) is 1.96. The molecule has 0 saturated heterocycles. The molecule has 0 spiro atoms. The molecule has 2 aromatic heterocycles. The van der Waals surface area contributed by atoms with Crippen LogP contribution in [0.5, 0.6) is 0 Å². The number of ether oxygens (including phenoxy) is 1. The smallest absolute Gasteiger partial charge is 0.328 e. The van der Waals surface area contributed by atoms with Crippen LogP contribution < -0.4 is 5.32 Å². The first kappa shape index (κ1) is 18.4. The average Bonchev–Trinajstić information content (AvgIpc) is 3.02. The van der Waals surface area contributed by atoms with Crippen LogP contribution >= 0.6 is 27.5 Å². The highest BCUT2D eigenvalue weighted by atomic mass is 79.9. The molecule has 3 rings (SSSR count). The SMILES string of the molecule is COC(=O)[C@@H](Cc1c[nH]c2ccc(Br)cc12)NC(=O)c1cc(Cl)ccn1. The number of nitrogens with one attached hydrogen (secondary N) is 2. The number of amides is 1. The average molecular weight is 437 g/mol. The molecule has 0 aliphatic carbocycles. The second-order valence-electron chi connectivity index (χ2n) is 5.62. The summed E-state index contributed by atoms with van der Waals surface area (Å²) >= 11 is 9.33. The molecule has 134 valence electrons. The zero-order valence-electron chi connectivity index (χ0n) is 13.8. The minimum Gasteiger partial charge on any atom is -0.467 e. The van der Waals surface area contributed by atoms with Crippen molar-refractivity contribution in [2.75, 3.05) is 7.11 Å². The van der Waals surface area contributed by atoms with E-state index in [0.717, 1.165) is 20.9 Å². The second-order valence-corrected chi connectivity index (χ2v) is 6.97. The van der Waals surface area contributed by atoms with Crippen LogP contribution in [0.25, 0.3) is 10.9 Å². The van der Waals surface area contributed by atoms with Crippen LogP contribution in [-0.2, 0) is 16.0 Å². The van der Waals surface area contributed by atoms with E-state index in [4.69, 9.17) is 16.3 Å². The van der Waals surface area contributed by atoms with Gasteiger partial charge in [0.1, 0.15) is 11.7 Å². The molecule has 0 radical (unpaired) electrons. The molecule has 0 unspecified atom stereocenters. The molecule has 1 amide bonds. The quantitative estimate of drug-likeness (QED) is 0.600. The number of esters is 1. The van der Waals surface area contributed by atoms with E-state index in [0.29, 0.717) is 5.02 Å². The fourth-order valence-corrected chi connectivity index (χ4v) is 3.16. The Hall–Kier alpha value is -2.38. The van der Waals surface area contributed by atoms with Crippen molar-refractivity contribution in [1.82, 2.24) is 15.3 Å². The predicted molar refractivity (Wildman–Crippen MR) is 102 cm³/mol. The monoisotopic (exact) mass is 435 g/mol. The number of aromatic nitrogens is 2. The summed E-state index contributed by atoms with van der Waals surface area (Å²) in [5.74, 6) is -1.03. The Morgan fingerprint density at radius 2 is 2.15 bits per heavy atom. The van der Waals surface area contributed by atoms with Crippen molar-refractivity contribution in [3.05, 3.63) is 63.5 Å². The number of H-pyrrole nitrogens is 1. The number of hydrogen-bond acceptors (Lipinski definition) is 4. The Labute approximate surface area is 163 Å². The van der Waals surface area contributed by atoms with Gasteiger partial charge in [-0.2, -0.15) is 0 Å². The van der Waals surface area contributed by atoms with Gasteiger partial charge in [-0.15, -0.1) is 0 Å². The number of carbonyl (C=O) groups excluding carboxylic acids is 2. The van der Waals surface area contributed by atoms with E-state index in [1.807, 2.05) is 24.4 Å². The fourth-order valence-electron chi connectivity index (χ4n) is 2.64. The summed E-state index contributed by atoms with van der Waals surface area (Å²) in [5, 5.41) is 4.02. The number of nitrogens with zero attached hydrogens (tertiary/aromatic N) is 1. The Balaban J connectivity index is 1.85. The lowest BCUT2D eigenvalue weighted by Gasteiger charge is -2.16. The van der Waals surface area contributed by atoms with E-state index < -0.39 is 17.9 Å². The Morgan fingerprint density at radius 1 is 1.35 bits per heavy atom. The van der Waals surface area contributed by atoms with Crippen molar-refractivity contribution >= 4 is 50.3 Å². The third-order valence-electron chi connectivity index (χ3n) is 3.90. The zero-order valence-corrected chi connectivity index (χ0v) is 16.1. The molecule has 1 atom stereocenters. The number of rotatable bonds is 5. The normalized spacial score (nSPS) is 12.0. The molecular formula is C18H15BrClN3O3. The fraction of sp³-hybridized carbons (Fsp3) is 0.167. The lowest BCUT2D eigenvalue weighted by molar-refractivity contribution is -0.142. The van der Waals surface area contributed by atoms with Gasteiger partial charge in [0.05, 0.1) is 7.11 Å².